The quantitative estimate of drug-likeness (QED) is 0.215. The number of carbonyl (C=O) groups is 1. The SMILES string of the molecule is Cc1cc(=O)oc2cc(OC(=O)C=Cc3ccc([N+](C)(C)C)cc3)ccc12.[Cl-]. The van der Waals surface area contributed by atoms with Gasteiger partial charge in [0.25, 0.3) is 0 Å². The molecule has 5 nitrogen and oxygen atoms in total. The Bertz CT molecular complexity index is 1080. The number of esters is 1. The first kappa shape index (κ1) is 21.4. The molecule has 0 aliphatic heterocycles. The van der Waals surface area contributed by atoms with E-state index in [1.54, 1.807) is 24.3 Å². The number of carbonyl (C=O) groups excluding carboxylic acids is 1. The van der Waals surface area contributed by atoms with Crippen molar-refractivity contribution in [1.82, 2.24) is 4.48 Å². The highest BCUT2D eigenvalue weighted by Gasteiger charge is 2.11. The lowest BCUT2D eigenvalue weighted by molar-refractivity contribution is -0.128. The highest BCUT2D eigenvalue weighted by Crippen LogP contribution is 2.22. The molecule has 0 saturated carbocycles. The zero-order valence-electron chi connectivity index (χ0n) is 16.2. The summed E-state index contributed by atoms with van der Waals surface area (Å²) in [5.41, 5.74) is 2.86. The van der Waals surface area contributed by atoms with Gasteiger partial charge in [-0.3, -0.25) is 4.48 Å². The molecule has 0 fully saturated rings. The molecular weight excluding hydrogens is 378 g/mol. The van der Waals surface area contributed by atoms with Gasteiger partial charge in [-0.1, -0.05) is 0 Å². The zero-order valence-corrected chi connectivity index (χ0v) is 17.0. The molecule has 1 heterocycles. The molecule has 0 bridgehead atoms. The number of aryl methyl sites for hydroxylation is 1. The second-order valence-electron chi connectivity index (χ2n) is 7.26. The Labute approximate surface area is 169 Å². The van der Waals surface area contributed by atoms with Gasteiger partial charge in [0.15, 0.2) is 0 Å². The zero-order chi connectivity index (χ0) is 19.6. The highest BCUT2D eigenvalue weighted by molar-refractivity contribution is 5.89. The second kappa shape index (κ2) is 8.42. The van der Waals surface area contributed by atoms with Gasteiger partial charge in [0.05, 0.1) is 21.1 Å². The van der Waals surface area contributed by atoms with Crippen LogP contribution >= 0.6 is 0 Å². The standard InChI is InChI=1S/C22H22NO4.ClH/c1-15-13-22(25)27-20-14-18(10-11-19(15)20)26-21(24)12-7-16-5-8-17(9-6-16)23(2,3)4;/h5-14H,1-4H3;1H/q+1;/p-1. The summed E-state index contributed by atoms with van der Waals surface area (Å²) in [7, 11) is 6.28. The van der Waals surface area contributed by atoms with E-state index in [2.05, 4.69) is 21.1 Å². The van der Waals surface area contributed by atoms with Crippen LogP contribution in [-0.2, 0) is 4.79 Å². The Morgan fingerprint density at radius 1 is 1.04 bits per heavy atom. The largest absolute Gasteiger partial charge is 1.00 e. The van der Waals surface area contributed by atoms with E-state index in [1.165, 1.54) is 17.8 Å². The van der Waals surface area contributed by atoms with Crippen molar-refractivity contribution in [3.8, 4) is 5.75 Å². The normalized spacial score (nSPS) is 11.4. The monoisotopic (exact) mass is 399 g/mol. The summed E-state index contributed by atoms with van der Waals surface area (Å²) in [6.45, 7) is 1.83. The Kier molecular flexibility index (Phi) is 6.44. The van der Waals surface area contributed by atoms with Crippen molar-refractivity contribution in [3.63, 3.8) is 0 Å². The van der Waals surface area contributed by atoms with Gasteiger partial charge in [0.1, 0.15) is 17.0 Å². The van der Waals surface area contributed by atoms with Gasteiger partial charge in [-0.15, -0.1) is 0 Å². The number of nitrogens with zero attached hydrogens (tertiary/aromatic N) is 1. The fourth-order valence-electron chi connectivity index (χ4n) is 2.72. The van der Waals surface area contributed by atoms with Crippen molar-refractivity contribution in [2.45, 2.75) is 6.92 Å². The van der Waals surface area contributed by atoms with E-state index < -0.39 is 11.6 Å². The maximum atomic E-state index is 12.1. The van der Waals surface area contributed by atoms with Gasteiger partial charge in [0.2, 0.25) is 0 Å². The van der Waals surface area contributed by atoms with E-state index in [-0.39, 0.29) is 12.4 Å². The number of benzene rings is 2. The minimum absolute atomic E-state index is 0. The number of hydrogen-bond donors (Lipinski definition) is 0. The van der Waals surface area contributed by atoms with Crippen molar-refractivity contribution >= 4 is 28.7 Å². The Balaban J connectivity index is 0.00000280. The molecule has 3 aromatic rings. The minimum Gasteiger partial charge on any atom is -1.00 e. The molecule has 6 heteroatoms. The van der Waals surface area contributed by atoms with E-state index >= 15 is 0 Å². The van der Waals surface area contributed by atoms with Gasteiger partial charge in [0, 0.05) is 23.6 Å². The van der Waals surface area contributed by atoms with Crippen LogP contribution in [-0.4, -0.2) is 27.1 Å². The fourth-order valence-corrected chi connectivity index (χ4v) is 2.72. The van der Waals surface area contributed by atoms with Gasteiger partial charge in [-0.2, -0.15) is 0 Å². The molecule has 3 rings (SSSR count). The average Bonchev–Trinajstić information content (AvgIpc) is 2.59. The molecule has 0 aliphatic rings. The number of ether oxygens (including phenoxy) is 1. The smallest absolute Gasteiger partial charge is 0.336 e. The average molecular weight is 400 g/mol. The first-order valence-corrected chi connectivity index (χ1v) is 8.59. The second-order valence-corrected chi connectivity index (χ2v) is 7.26. The molecule has 0 saturated heterocycles. The number of rotatable bonds is 4. The van der Waals surface area contributed by atoms with E-state index in [4.69, 9.17) is 9.15 Å². The van der Waals surface area contributed by atoms with Crippen LogP contribution in [0.1, 0.15) is 11.1 Å². The molecule has 0 atom stereocenters. The lowest BCUT2D eigenvalue weighted by Gasteiger charge is -2.23. The molecule has 28 heavy (non-hydrogen) atoms. The van der Waals surface area contributed by atoms with Gasteiger partial charge in [-0.25, -0.2) is 9.59 Å². The third-order valence-electron chi connectivity index (χ3n) is 4.22. The van der Waals surface area contributed by atoms with Gasteiger partial charge in [-0.05, 0) is 60.5 Å². The van der Waals surface area contributed by atoms with E-state index in [0.717, 1.165) is 21.0 Å². The summed E-state index contributed by atoms with van der Waals surface area (Å²) in [6, 6.07) is 14.4. The lowest BCUT2D eigenvalue weighted by atomic mass is 10.1. The van der Waals surface area contributed by atoms with Crippen molar-refractivity contribution < 1.29 is 26.4 Å². The maximum absolute atomic E-state index is 12.1. The molecule has 0 amide bonds. The molecule has 0 aliphatic carbocycles. The van der Waals surface area contributed by atoms with E-state index in [1.807, 2.05) is 31.2 Å². The predicted octanol–water partition coefficient (Wildman–Crippen LogP) is 0.921. The van der Waals surface area contributed by atoms with Crippen LogP contribution in [0.3, 0.4) is 0 Å². The molecule has 1 aromatic heterocycles. The molecule has 2 aromatic carbocycles. The van der Waals surface area contributed by atoms with Crippen LogP contribution in [0, 0.1) is 6.92 Å². The van der Waals surface area contributed by atoms with Crippen molar-refractivity contribution in [2.24, 2.45) is 0 Å². The summed E-state index contributed by atoms with van der Waals surface area (Å²) in [5.74, 6) is -0.175. The van der Waals surface area contributed by atoms with Crippen molar-refractivity contribution in [3.05, 3.63) is 76.2 Å². The summed E-state index contributed by atoms with van der Waals surface area (Å²) >= 11 is 0. The fraction of sp³-hybridized carbons (Fsp3) is 0.182. The molecule has 0 unspecified atom stereocenters. The Hall–Kier alpha value is -2.89. The molecule has 146 valence electrons. The van der Waals surface area contributed by atoms with Crippen molar-refractivity contribution in [1.29, 1.82) is 0 Å². The van der Waals surface area contributed by atoms with Gasteiger partial charge >= 0.3 is 11.6 Å². The van der Waals surface area contributed by atoms with E-state index in [9.17, 15) is 9.59 Å². The van der Waals surface area contributed by atoms with Gasteiger partial charge < -0.3 is 21.6 Å². The predicted molar refractivity (Wildman–Crippen MR) is 108 cm³/mol. The van der Waals surface area contributed by atoms with Crippen LogP contribution in [0.25, 0.3) is 17.0 Å². The summed E-state index contributed by atoms with van der Waals surface area (Å²) in [6.07, 6.45) is 3.07. The number of quaternary nitrogens is 1. The van der Waals surface area contributed by atoms with Crippen LogP contribution in [0.5, 0.6) is 5.75 Å². The topological polar surface area (TPSA) is 56.5 Å². The molecule has 0 radical (unpaired) electrons. The summed E-state index contributed by atoms with van der Waals surface area (Å²) in [4.78, 5) is 23.6. The number of hydrogen-bond acceptors (Lipinski definition) is 4. The third kappa shape index (κ3) is 5.09. The highest BCUT2D eigenvalue weighted by atomic mass is 35.5. The Morgan fingerprint density at radius 3 is 2.36 bits per heavy atom. The lowest BCUT2D eigenvalue weighted by Crippen LogP contribution is -3.00. The van der Waals surface area contributed by atoms with Crippen LogP contribution in [0.2, 0.25) is 0 Å². The summed E-state index contributed by atoms with van der Waals surface area (Å²) < 4.78 is 11.2. The number of halogens is 1. The first-order valence-electron chi connectivity index (χ1n) is 8.59. The van der Waals surface area contributed by atoms with Crippen LogP contribution < -0.4 is 27.3 Å². The third-order valence-corrected chi connectivity index (χ3v) is 4.22. The Morgan fingerprint density at radius 2 is 1.71 bits per heavy atom. The molecule has 0 N–H and O–H groups in total. The molecular formula is C22H22ClNO4. The van der Waals surface area contributed by atoms with Crippen molar-refractivity contribution in [2.75, 3.05) is 21.1 Å². The maximum Gasteiger partial charge on any atom is 0.336 e. The first-order chi connectivity index (χ1) is 12.7. The minimum atomic E-state index is -0.500. The molecule has 0 spiro atoms. The number of fused-ring (bicyclic) bond motifs is 1. The van der Waals surface area contributed by atoms with Crippen LogP contribution in [0.15, 0.2) is 63.8 Å². The van der Waals surface area contributed by atoms with Crippen LogP contribution in [0.4, 0.5) is 5.69 Å². The van der Waals surface area contributed by atoms with E-state index in [0.29, 0.717) is 11.3 Å². The summed E-state index contributed by atoms with van der Waals surface area (Å²) in [5, 5.41) is 0.808.